The number of aromatic nitrogens is 2. The molecule has 140 valence electrons. The van der Waals surface area contributed by atoms with Gasteiger partial charge in [0.1, 0.15) is 0 Å². The van der Waals surface area contributed by atoms with E-state index < -0.39 is 10.0 Å². The summed E-state index contributed by atoms with van der Waals surface area (Å²) in [7, 11) is -3.33. The summed E-state index contributed by atoms with van der Waals surface area (Å²) in [5.74, 6) is -0.125. The van der Waals surface area contributed by atoms with Crippen molar-refractivity contribution < 1.29 is 13.2 Å². The van der Waals surface area contributed by atoms with Gasteiger partial charge < -0.3 is 4.98 Å². The molecule has 0 aliphatic rings. The second-order valence-corrected chi connectivity index (χ2v) is 8.29. The molecule has 0 aliphatic carbocycles. The lowest BCUT2D eigenvalue weighted by Crippen LogP contribution is -2.10. The summed E-state index contributed by atoms with van der Waals surface area (Å²) < 4.78 is 25.0. The highest BCUT2D eigenvalue weighted by Gasteiger charge is 2.19. The highest BCUT2D eigenvalue weighted by atomic mass is 32.2. The van der Waals surface area contributed by atoms with Gasteiger partial charge in [0, 0.05) is 22.9 Å². The van der Waals surface area contributed by atoms with Crippen molar-refractivity contribution in [3.05, 3.63) is 82.9 Å². The number of hydrogen-bond acceptors (Lipinski definition) is 4. The molecule has 7 heteroatoms. The van der Waals surface area contributed by atoms with Crippen molar-refractivity contribution in [3.8, 4) is 0 Å². The fourth-order valence-electron chi connectivity index (χ4n) is 2.88. The van der Waals surface area contributed by atoms with Gasteiger partial charge in [0.15, 0.2) is 0 Å². The number of benzene rings is 1. The van der Waals surface area contributed by atoms with Crippen molar-refractivity contribution in [2.45, 2.75) is 19.8 Å². The van der Waals surface area contributed by atoms with E-state index in [4.69, 9.17) is 0 Å². The van der Waals surface area contributed by atoms with Crippen LogP contribution in [-0.4, -0.2) is 30.4 Å². The van der Waals surface area contributed by atoms with Crippen LogP contribution in [0.25, 0.3) is 0 Å². The number of hydrogen-bond donors (Lipinski definition) is 2. The third kappa shape index (κ3) is 4.43. The van der Waals surface area contributed by atoms with Gasteiger partial charge in [-0.25, -0.2) is 8.42 Å². The normalized spacial score (nSPS) is 12.6. The average Bonchev–Trinajstić information content (AvgIpc) is 3.02. The number of pyridine rings is 1. The average molecular weight is 383 g/mol. The number of nitrogens with zero attached hydrogens (tertiary/aromatic N) is 1. The predicted octanol–water partition coefficient (Wildman–Crippen LogP) is 3.47. The zero-order valence-corrected chi connectivity index (χ0v) is 16.2. The van der Waals surface area contributed by atoms with Crippen LogP contribution in [0.4, 0.5) is 5.69 Å². The summed E-state index contributed by atoms with van der Waals surface area (Å²) in [5, 5.41) is 0. The largest absolute Gasteiger partial charge is 0.355 e. The van der Waals surface area contributed by atoms with Gasteiger partial charge in [-0.05, 0) is 30.7 Å². The number of nitrogens with one attached hydrogen (secondary N) is 2. The Morgan fingerprint density at radius 2 is 1.85 bits per heavy atom. The van der Waals surface area contributed by atoms with Crippen LogP contribution in [0.5, 0.6) is 0 Å². The third-order valence-electron chi connectivity index (χ3n) is 4.30. The van der Waals surface area contributed by atoms with Gasteiger partial charge >= 0.3 is 0 Å². The predicted molar refractivity (Wildman–Crippen MR) is 106 cm³/mol. The van der Waals surface area contributed by atoms with Crippen LogP contribution in [0.15, 0.2) is 54.7 Å². The minimum absolute atomic E-state index is 0.0489. The molecule has 1 aromatic carbocycles. The van der Waals surface area contributed by atoms with Gasteiger partial charge in [-0.15, -0.1) is 0 Å². The lowest BCUT2D eigenvalue weighted by molar-refractivity contribution is 0.103. The second kappa shape index (κ2) is 7.36. The molecule has 0 saturated heterocycles. The van der Waals surface area contributed by atoms with Gasteiger partial charge in [-0.2, -0.15) is 0 Å². The molecule has 0 amide bonds. The number of aryl methyl sites for hydroxylation is 1. The van der Waals surface area contributed by atoms with E-state index in [1.165, 1.54) is 6.20 Å². The van der Waals surface area contributed by atoms with Crippen LogP contribution in [0.2, 0.25) is 0 Å². The molecule has 2 N–H and O–H groups in total. The maximum atomic E-state index is 12.7. The van der Waals surface area contributed by atoms with Crippen molar-refractivity contribution >= 4 is 21.5 Å². The van der Waals surface area contributed by atoms with E-state index in [1.807, 2.05) is 38.1 Å². The zero-order chi connectivity index (χ0) is 19.6. The minimum atomic E-state index is -3.33. The Morgan fingerprint density at radius 3 is 2.44 bits per heavy atom. The Labute approximate surface area is 158 Å². The van der Waals surface area contributed by atoms with Gasteiger partial charge in [0.05, 0.1) is 23.8 Å². The van der Waals surface area contributed by atoms with E-state index in [2.05, 4.69) is 14.7 Å². The topological polar surface area (TPSA) is 91.9 Å². The lowest BCUT2D eigenvalue weighted by Gasteiger charge is -2.10. The first-order valence-electron chi connectivity index (χ1n) is 8.47. The number of anilines is 1. The first-order valence-corrected chi connectivity index (χ1v) is 10.4. The molecular formula is C20H21N3O3S. The molecule has 2 aromatic heterocycles. The third-order valence-corrected chi connectivity index (χ3v) is 4.90. The summed E-state index contributed by atoms with van der Waals surface area (Å²) in [6.07, 6.45) is 2.58. The molecule has 0 aliphatic heterocycles. The fourth-order valence-corrected chi connectivity index (χ4v) is 3.43. The molecule has 3 aromatic rings. The highest BCUT2D eigenvalue weighted by molar-refractivity contribution is 7.92. The van der Waals surface area contributed by atoms with Crippen LogP contribution < -0.4 is 4.72 Å². The van der Waals surface area contributed by atoms with Crippen LogP contribution in [-0.2, 0) is 10.0 Å². The SMILES string of the molecule is Cc1cc(C(C)c2ccc(NS(C)(=O)=O)cn2)[nH]c1C(=O)c1ccccc1. The van der Waals surface area contributed by atoms with E-state index in [9.17, 15) is 13.2 Å². The second-order valence-electron chi connectivity index (χ2n) is 6.55. The molecule has 6 nitrogen and oxygen atoms in total. The van der Waals surface area contributed by atoms with Crippen molar-refractivity contribution in [3.63, 3.8) is 0 Å². The molecule has 0 spiro atoms. The van der Waals surface area contributed by atoms with E-state index in [0.717, 1.165) is 23.2 Å². The lowest BCUT2D eigenvalue weighted by atomic mass is 10.0. The van der Waals surface area contributed by atoms with Crippen LogP contribution in [0.1, 0.15) is 45.8 Å². The van der Waals surface area contributed by atoms with Crippen molar-refractivity contribution in [1.29, 1.82) is 0 Å². The first kappa shape index (κ1) is 18.8. The van der Waals surface area contributed by atoms with Crippen molar-refractivity contribution in [2.24, 2.45) is 0 Å². The number of carbonyl (C=O) groups is 1. The van der Waals surface area contributed by atoms with E-state index >= 15 is 0 Å². The molecule has 0 saturated carbocycles. The maximum absolute atomic E-state index is 12.7. The molecule has 0 radical (unpaired) electrons. The summed E-state index contributed by atoms with van der Waals surface area (Å²) in [6, 6.07) is 14.5. The van der Waals surface area contributed by atoms with E-state index in [0.29, 0.717) is 16.9 Å². The van der Waals surface area contributed by atoms with Crippen LogP contribution >= 0.6 is 0 Å². The highest BCUT2D eigenvalue weighted by Crippen LogP contribution is 2.26. The molecule has 27 heavy (non-hydrogen) atoms. The number of sulfonamides is 1. The van der Waals surface area contributed by atoms with Gasteiger partial charge in [-0.3, -0.25) is 14.5 Å². The standard InChI is InChI=1S/C20H21N3O3S/c1-13-11-18(22-19(13)20(24)15-7-5-4-6-8-15)14(2)17-10-9-16(12-21-17)23-27(3,25)26/h4-12,14,22-23H,1-3H3. The van der Waals surface area contributed by atoms with Gasteiger partial charge in [-0.1, -0.05) is 37.3 Å². The Balaban J connectivity index is 1.84. The number of H-pyrrole nitrogens is 1. The number of rotatable bonds is 6. The zero-order valence-electron chi connectivity index (χ0n) is 15.4. The Hall–Kier alpha value is -2.93. The smallest absolute Gasteiger partial charge is 0.229 e. The summed E-state index contributed by atoms with van der Waals surface area (Å²) in [5.41, 5.74) is 4.14. The molecule has 0 bridgehead atoms. The quantitative estimate of drug-likeness (QED) is 0.638. The molecule has 1 atom stereocenters. The molecule has 0 fully saturated rings. The molecule has 3 rings (SSSR count). The Kier molecular flexibility index (Phi) is 5.14. The number of aromatic amines is 1. The minimum Gasteiger partial charge on any atom is -0.355 e. The summed E-state index contributed by atoms with van der Waals surface area (Å²) in [6.45, 7) is 3.88. The maximum Gasteiger partial charge on any atom is 0.229 e. The first-order chi connectivity index (χ1) is 12.7. The van der Waals surface area contributed by atoms with Gasteiger partial charge in [0.2, 0.25) is 15.8 Å². The fraction of sp³-hybridized carbons (Fsp3) is 0.200. The Bertz CT molecular complexity index is 1060. The monoisotopic (exact) mass is 383 g/mol. The number of ketones is 1. The summed E-state index contributed by atoms with van der Waals surface area (Å²) >= 11 is 0. The Morgan fingerprint density at radius 1 is 1.15 bits per heavy atom. The van der Waals surface area contributed by atoms with Crippen LogP contribution in [0.3, 0.4) is 0 Å². The van der Waals surface area contributed by atoms with Crippen molar-refractivity contribution in [1.82, 2.24) is 9.97 Å². The van der Waals surface area contributed by atoms with E-state index in [-0.39, 0.29) is 11.7 Å². The van der Waals surface area contributed by atoms with Crippen LogP contribution in [0, 0.1) is 6.92 Å². The van der Waals surface area contributed by atoms with Crippen molar-refractivity contribution in [2.75, 3.05) is 11.0 Å². The molecule has 1 unspecified atom stereocenters. The molecular weight excluding hydrogens is 362 g/mol. The van der Waals surface area contributed by atoms with Gasteiger partial charge in [0.25, 0.3) is 0 Å². The summed E-state index contributed by atoms with van der Waals surface area (Å²) in [4.78, 5) is 20.3. The number of carbonyl (C=O) groups excluding carboxylic acids is 1. The van der Waals surface area contributed by atoms with E-state index in [1.54, 1.807) is 24.3 Å². The molecule has 2 heterocycles.